The molecule has 0 aromatic carbocycles. The molecule has 0 aliphatic carbocycles. The van der Waals surface area contributed by atoms with Crippen molar-refractivity contribution in [1.29, 1.82) is 0 Å². The van der Waals surface area contributed by atoms with Gasteiger partial charge in [-0.15, -0.1) is 0 Å². The molecule has 0 saturated heterocycles. The van der Waals surface area contributed by atoms with Crippen molar-refractivity contribution >= 4 is 5.97 Å². The molecule has 0 heterocycles. The topological polar surface area (TPSA) is 37.3 Å². The average molecular weight is 186 g/mol. The van der Waals surface area contributed by atoms with Crippen molar-refractivity contribution in [3.8, 4) is 0 Å². The summed E-state index contributed by atoms with van der Waals surface area (Å²) in [5, 5.41) is 7.72. The molecule has 0 spiro atoms. The van der Waals surface area contributed by atoms with E-state index in [9.17, 15) is 4.79 Å². The molecular weight excluding hydrogens is 180 g/mol. The summed E-state index contributed by atoms with van der Waals surface area (Å²) in [7, 11) is 0. The molecule has 0 fully saturated rings. The zero-order valence-electron chi connectivity index (χ0n) is 3.77. The second-order valence-electron chi connectivity index (χ2n) is 0.747. The van der Waals surface area contributed by atoms with Gasteiger partial charge in [0, 0.05) is 40.6 Å². The van der Waals surface area contributed by atoms with Crippen molar-refractivity contribution in [2.24, 2.45) is 0 Å². The Labute approximate surface area is 63.6 Å². The molecule has 0 aromatic heterocycles. The molecule has 0 bridgehead atoms. The first-order chi connectivity index (χ1) is 2.27. The molecule has 0 aliphatic rings. The molecule has 46 valence electrons. The molecule has 7 heavy (non-hydrogen) atoms. The van der Waals surface area contributed by atoms with Crippen LogP contribution < -0.4 is 0 Å². The zero-order valence-corrected chi connectivity index (χ0v) is 5.98. The number of aliphatic carboxylic acids is 1. The van der Waals surface area contributed by atoms with Crippen molar-refractivity contribution in [3.05, 3.63) is 0 Å². The SMILES string of the molecule is CCC(=O)O.[Fe].[Fe]. The number of hydrogen-bond acceptors (Lipinski definition) is 1. The van der Waals surface area contributed by atoms with E-state index in [1.807, 2.05) is 0 Å². The minimum atomic E-state index is -0.745. The summed E-state index contributed by atoms with van der Waals surface area (Å²) in [4.78, 5) is 9.37. The maximum Gasteiger partial charge on any atom is 0.303 e. The Morgan fingerprint density at radius 2 is 1.71 bits per heavy atom. The van der Waals surface area contributed by atoms with Gasteiger partial charge in [-0.25, -0.2) is 0 Å². The predicted molar refractivity (Wildman–Crippen MR) is 17.9 cm³/mol. The maximum absolute atomic E-state index is 9.37. The third kappa shape index (κ3) is 21.0. The van der Waals surface area contributed by atoms with Gasteiger partial charge in [-0.05, 0) is 0 Å². The van der Waals surface area contributed by atoms with Gasteiger partial charge in [-0.2, -0.15) is 0 Å². The van der Waals surface area contributed by atoms with Crippen LogP contribution in [0.1, 0.15) is 13.3 Å². The maximum atomic E-state index is 9.37. The minimum Gasteiger partial charge on any atom is -0.481 e. The molecule has 0 amide bonds. The summed E-state index contributed by atoms with van der Waals surface area (Å²) in [6.07, 6.45) is 0.222. The largest absolute Gasteiger partial charge is 0.481 e. The van der Waals surface area contributed by atoms with Crippen molar-refractivity contribution in [1.82, 2.24) is 0 Å². The van der Waals surface area contributed by atoms with Gasteiger partial charge in [0.05, 0.1) is 0 Å². The third-order valence-electron chi connectivity index (χ3n) is 0.302. The zero-order chi connectivity index (χ0) is 4.28. The van der Waals surface area contributed by atoms with E-state index in [-0.39, 0.29) is 40.6 Å². The molecule has 0 saturated carbocycles. The van der Waals surface area contributed by atoms with Crippen LogP contribution in [-0.2, 0) is 38.9 Å². The van der Waals surface area contributed by atoms with Gasteiger partial charge in [-0.1, -0.05) is 6.92 Å². The van der Waals surface area contributed by atoms with E-state index < -0.39 is 5.97 Å². The van der Waals surface area contributed by atoms with Gasteiger partial charge in [0.2, 0.25) is 0 Å². The summed E-state index contributed by atoms with van der Waals surface area (Å²) in [5.74, 6) is -0.745. The Hall–Kier alpha value is 0.509. The predicted octanol–water partition coefficient (Wildman–Crippen LogP) is 0.476. The van der Waals surface area contributed by atoms with Crippen LogP contribution in [0.5, 0.6) is 0 Å². The van der Waals surface area contributed by atoms with Crippen LogP contribution in [0.2, 0.25) is 0 Å². The second-order valence-corrected chi connectivity index (χ2v) is 0.747. The molecule has 0 aliphatic heterocycles. The molecule has 0 unspecified atom stereocenters. The third-order valence-corrected chi connectivity index (χ3v) is 0.302. The van der Waals surface area contributed by atoms with E-state index in [0.29, 0.717) is 0 Å². The Morgan fingerprint density at radius 3 is 1.71 bits per heavy atom. The van der Waals surface area contributed by atoms with Gasteiger partial charge in [0.1, 0.15) is 0 Å². The van der Waals surface area contributed by atoms with E-state index >= 15 is 0 Å². The summed E-state index contributed by atoms with van der Waals surface area (Å²) >= 11 is 0. The van der Waals surface area contributed by atoms with Crippen LogP contribution in [0.15, 0.2) is 0 Å². The van der Waals surface area contributed by atoms with Gasteiger partial charge in [0.15, 0.2) is 0 Å². The Balaban J connectivity index is -0.0000000800. The Morgan fingerprint density at radius 1 is 1.57 bits per heavy atom. The van der Waals surface area contributed by atoms with Crippen molar-refractivity contribution in [2.75, 3.05) is 0 Å². The second kappa shape index (κ2) is 9.72. The monoisotopic (exact) mass is 186 g/mol. The van der Waals surface area contributed by atoms with Gasteiger partial charge >= 0.3 is 5.97 Å². The first-order valence-corrected chi connectivity index (χ1v) is 1.49. The fraction of sp³-hybridized carbons (Fsp3) is 0.667. The number of carboxylic acid groups (broad SMARTS) is 1. The standard InChI is InChI=1S/C3H6O2.2Fe/c1-2-3(4)5;;/h2H2,1H3,(H,4,5);;. The minimum absolute atomic E-state index is 0. The van der Waals surface area contributed by atoms with Crippen LogP contribution in [-0.4, -0.2) is 11.1 Å². The normalized spacial score (nSPS) is 5.29. The summed E-state index contributed by atoms with van der Waals surface area (Å²) in [5.41, 5.74) is 0. The van der Waals surface area contributed by atoms with E-state index in [4.69, 9.17) is 5.11 Å². The number of hydrogen-bond donors (Lipinski definition) is 1. The molecule has 1 N–H and O–H groups in total. The molecule has 0 atom stereocenters. The fourth-order valence-corrected chi connectivity index (χ4v) is 0. The quantitative estimate of drug-likeness (QED) is 0.604. The van der Waals surface area contributed by atoms with E-state index in [1.54, 1.807) is 6.92 Å². The van der Waals surface area contributed by atoms with Gasteiger partial charge < -0.3 is 5.11 Å². The number of carboxylic acids is 1. The molecule has 2 nitrogen and oxygen atoms in total. The van der Waals surface area contributed by atoms with Crippen LogP contribution in [0.4, 0.5) is 0 Å². The molecule has 0 radical (unpaired) electrons. The summed E-state index contributed by atoms with van der Waals surface area (Å²) in [6, 6.07) is 0. The van der Waals surface area contributed by atoms with Crippen LogP contribution in [0.3, 0.4) is 0 Å². The first-order valence-electron chi connectivity index (χ1n) is 1.49. The van der Waals surface area contributed by atoms with E-state index in [1.165, 1.54) is 0 Å². The van der Waals surface area contributed by atoms with Gasteiger partial charge in [0.25, 0.3) is 0 Å². The van der Waals surface area contributed by atoms with Crippen molar-refractivity contribution in [2.45, 2.75) is 13.3 Å². The average Bonchev–Trinajstić information content (AvgIpc) is 1.38. The van der Waals surface area contributed by atoms with Crippen LogP contribution in [0.25, 0.3) is 0 Å². The number of carbonyl (C=O) groups is 1. The first kappa shape index (κ1) is 15.6. The molecule has 0 aromatic rings. The van der Waals surface area contributed by atoms with E-state index in [0.717, 1.165) is 0 Å². The molecular formula is C3H6Fe2O2. The van der Waals surface area contributed by atoms with Crippen molar-refractivity contribution < 1.29 is 44.0 Å². The smallest absolute Gasteiger partial charge is 0.303 e. The van der Waals surface area contributed by atoms with Gasteiger partial charge in [-0.3, -0.25) is 4.79 Å². The Kier molecular flexibility index (Phi) is 21.7. The van der Waals surface area contributed by atoms with Crippen molar-refractivity contribution in [3.63, 3.8) is 0 Å². The summed E-state index contributed by atoms with van der Waals surface area (Å²) in [6.45, 7) is 1.60. The van der Waals surface area contributed by atoms with E-state index in [2.05, 4.69) is 0 Å². The van der Waals surface area contributed by atoms with Crippen LogP contribution in [0, 0.1) is 0 Å². The number of rotatable bonds is 1. The molecule has 4 heteroatoms. The van der Waals surface area contributed by atoms with Crippen LogP contribution >= 0.6 is 0 Å². The Bertz CT molecular complexity index is 46.2. The fourth-order valence-electron chi connectivity index (χ4n) is 0. The molecule has 0 rings (SSSR count). The summed E-state index contributed by atoms with van der Waals surface area (Å²) < 4.78 is 0.